The predicted molar refractivity (Wildman–Crippen MR) is 62.6 cm³/mol. The molecule has 0 bridgehead atoms. The van der Waals surface area contributed by atoms with Crippen molar-refractivity contribution in [2.24, 2.45) is 0 Å². The van der Waals surface area contributed by atoms with E-state index in [1.54, 1.807) is 4.90 Å². The highest BCUT2D eigenvalue weighted by Gasteiger charge is 2.11. The van der Waals surface area contributed by atoms with Crippen LogP contribution < -0.4 is 0 Å². The van der Waals surface area contributed by atoms with Gasteiger partial charge in [-0.3, -0.25) is 4.79 Å². The van der Waals surface area contributed by atoms with Crippen LogP contribution >= 0.6 is 0 Å². The van der Waals surface area contributed by atoms with Crippen molar-refractivity contribution in [3.63, 3.8) is 0 Å². The summed E-state index contributed by atoms with van der Waals surface area (Å²) in [5, 5.41) is 8.49. The highest BCUT2D eigenvalue weighted by atomic mass is 16.2. The average Bonchev–Trinajstić information content (AvgIpc) is 2.31. The molecule has 3 heteroatoms. The maximum atomic E-state index is 11.9. The fourth-order valence-electron chi connectivity index (χ4n) is 1.53. The predicted octanol–water partition coefficient (Wildman–Crippen LogP) is 1.99. The van der Waals surface area contributed by atoms with Crippen molar-refractivity contribution < 1.29 is 4.79 Å². The number of hydrogen-bond donors (Lipinski definition) is 0. The number of benzene rings is 1. The molecule has 0 fully saturated rings. The highest BCUT2D eigenvalue weighted by molar-refractivity contribution is 5.78. The van der Waals surface area contributed by atoms with Gasteiger partial charge in [-0.1, -0.05) is 30.3 Å². The van der Waals surface area contributed by atoms with Crippen molar-refractivity contribution in [2.75, 3.05) is 13.1 Å². The standard InChI is InChI=1S/C13H16N2O/c1-2-15(10-6-9-14)13(16)11-12-7-4-3-5-8-12/h3-5,7-8H,2,6,10-11H2,1H3. The summed E-state index contributed by atoms with van der Waals surface area (Å²) in [6.07, 6.45) is 0.814. The lowest BCUT2D eigenvalue weighted by molar-refractivity contribution is -0.130. The largest absolute Gasteiger partial charge is 0.342 e. The molecule has 0 aliphatic carbocycles. The molecule has 1 amide bonds. The van der Waals surface area contributed by atoms with E-state index in [9.17, 15) is 4.79 Å². The molecular formula is C13H16N2O. The number of carbonyl (C=O) groups excluding carboxylic acids is 1. The summed E-state index contributed by atoms with van der Waals surface area (Å²) in [6.45, 7) is 3.12. The fourth-order valence-corrected chi connectivity index (χ4v) is 1.53. The number of carbonyl (C=O) groups is 1. The molecular weight excluding hydrogens is 200 g/mol. The van der Waals surface area contributed by atoms with Crippen molar-refractivity contribution in [3.05, 3.63) is 35.9 Å². The summed E-state index contributed by atoms with van der Waals surface area (Å²) in [7, 11) is 0. The van der Waals surface area contributed by atoms with Crippen molar-refractivity contribution >= 4 is 5.91 Å². The van der Waals surface area contributed by atoms with E-state index in [2.05, 4.69) is 6.07 Å². The fraction of sp³-hybridized carbons (Fsp3) is 0.385. The Morgan fingerprint density at radius 3 is 2.62 bits per heavy atom. The van der Waals surface area contributed by atoms with Crippen molar-refractivity contribution in [1.29, 1.82) is 5.26 Å². The minimum Gasteiger partial charge on any atom is -0.342 e. The average molecular weight is 216 g/mol. The van der Waals surface area contributed by atoms with E-state index in [1.165, 1.54) is 0 Å². The number of nitriles is 1. The Kier molecular flexibility index (Phi) is 5.07. The second-order valence-electron chi connectivity index (χ2n) is 3.54. The van der Waals surface area contributed by atoms with Crippen LogP contribution in [0.15, 0.2) is 30.3 Å². The molecule has 16 heavy (non-hydrogen) atoms. The molecule has 0 heterocycles. The molecule has 0 saturated carbocycles. The summed E-state index contributed by atoms with van der Waals surface area (Å²) in [5.74, 6) is 0.0870. The van der Waals surface area contributed by atoms with Crippen LogP contribution in [0.25, 0.3) is 0 Å². The van der Waals surface area contributed by atoms with Crippen molar-refractivity contribution in [1.82, 2.24) is 4.90 Å². The van der Waals surface area contributed by atoms with E-state index in [0.29, 0.717) is 25.9 Å². The van der Waals surface area contributed by atoms with E-state index in [1.807, 2.05) is 37.3 Å². The topological polar surface area (TPSA) is 44.1 Å². The molecule has 0 unspecified atom stereocenters. The SMILES string of the molecule is CCN(CCC#N)C(=O)Cc1ccccc1. The molecule has 0 aromatic heterocycles. The van der Waals surface area contributed by atoms with Crippen LogP contribution in [0, 0.1) is 11.3 Å². The van der Waals surface area contributed by atoms with Gasteiger partial charge < -0.3 is 4.90 Å². The molecule has 0 aliphatic heterocycles. The lowest BCUT2D eigenvalue weighted by atomic mass is 10.1. The highest BCUT2D eigenvalue weighted by Crippen LogP contribution is 2.03. The Balaban J connectivity index is 2.53. The molecule has 3 nitrogen and oxygen atoms in total. The van der Waals surface area contributed by atoms with Crippen molar-refractivity contribution in [3.8, 4) is 6.07 Å². The number of nitrogens with zero attached hydrogens (tertiary/aromatic N) is 2. The zero-order valence-corrected chi connectivity index (χ0v) is 9.52. The second kappa shape index (κ2) is 6.62. The Hall–Kier alpha value is -1.82. The van der Waals surface area contributed by atoms with Gasteiger partial charge in [0.15, 0.2) is 0 Å². The van der Waals surface area contributed by atoms with Crippen LogP contribution in [0.2, 0.25) is 0 Å². The third-order valence-corrected chi connectivity index (χ3v) is 2.43. The van der Waals surface area contributed by atoms with Crippen LogP contribution in [0.3, 0.4) is 0 Å². The molecule has 84 valence electrons. The number of hydrogen-bond acceptors (Lipinski definition) is 2. The van der Waals surface area contributed by atoms with E-state index in [-0.39, 0.29) is 5.91 Å². The maximum absolute atomic E-state index is 11.9. The first-order valence-electron chi connectivity index (χ1n) is 5.46. The van der Waals surface area contributed by atoms with Crippen LogP contribution in [0.5, 0.6) is 0 Å². The van der Waals surface area contributed by atoms with Gasteiger partial charge in [0, 0.05) is 13.1 Å². The van der Waals surface area contributed by atoms with Gasteiger partial charge in [-0.15, -0.1) is 0 Å². The number of amides is 1. The monoisotopic (exact) mass is 216 g/mol. The quantitative estimate of drug-likeness (QED) is 0.755. The van der Waals surface area contributed by atoms with Crippen LogP contribution in [0.1, 0.15) is 18.9 Å². The molecule has 0 spiro atoms. The first kappa shape index (κ1) is 12.3. The first-order valence-corrected chi connectivity index (χ1v) is 5.46. The smallest absolute Gasteiger partial charge is 0.227 e. The molecule has 1 aromatic carbocycles. The van der Waals surface area contributed by atoms with E-state index in [4.69, 9.17) is 5.26 Å². The van der Waals surface area contributed by atoms with Crippen LogP contribution in [-0.4, -0.2) is 23.9 Å². The zero-order chi connectivity index (χ0) is 11.8. The maximum Gasteiger partial charge on any atom is 0.227 e. The van der Waals surface area contributed by atoms with E-state index < -0.39 is 0 Å². The number of likely N-dealkylation sites (N-methyl/N-ethyl adjacent to an activating group) is 1. The summed E-state index contributed by atoms with van der Waals surface area (Å²) < 4.78 is 0. The van der Waals surface area contributed by atoms with E-state index in [0.717, 1.165) is 5.56 Å². The molecule has 0 aliphatic rings. The van der Waals surface area contributed by atoms with Gasteiger partial charge in [-0.2, -0.15) is 5.26 Å². The summed E-state index contributed by atoms with van der Waals surface area (Å²) in [6, 6.07) is 11.7. The minimum absolute atomic E-state index is 0.0870. The van der Waals surface area contributed by atoms with Gasteiger partial charge in [-0.25, -0.2) is 0 Å². The van der Waals surface area contributed by atoms with Crippen LogP contribution in [0.4, 0.5) is 0 Å². The number of rotatable bonds is 5. The second-order valence-corrected chi connectivity index (χ2v) is 3.54. The Bertz CT molecular complexity index is 367. The van der Waals surface area contributed by atoms with Crippen LogP contribution in [-0.2, 0) is 11.2 Å². The summed E-state index contributed by atoms with van der Waals surface area (Å²) >= 11 is 0. The van der Waals surface area contributed by atoms with Gasteiger partial charge in [-0.05, 0) is 12.5 Å². The van der Waals surface area contributed by atoms with E-state index >= 15 is 0 Å². The molecule has 1 rings (SSSR count). The molecule has 0 atom stereocenters. The van der Waals surface area contributed by atoms with Gasteiger partial charge in [0.05, 0.1) is 18.9 Å². The third kappa shape index (κ3) is 3.74. The molecule has 1 aromatic rings. The molecule has 0 saturated heterocycles. The normalized spacial score (nSPS) is 9.50. The lowest BCUT2D eigenvalue weighted by Gasteiger charge is -2.19. The Morgan fingerprint density at radius 1 is 1.38 bits per heavy atom. The zero-order valence-electron chi connectivity index (χ0n) is 9.52. The van der Waals surface area contributed by atoms with Gasteiger partial charge in [0.2, 0.25) is 5.91 Å². The van der Waals surface area contributed by atoms with Gasteiger partial charge in [0.25, 0.3) is 0 Å². The first-order chi connectivity index (χ1) is 7.77. The van der Waals surface area contributed by atoms with Crippen molar-refractivity contribution in [2.45, 2.75) is 19.8 Å². The summed E-state index contributed by atoms with van der Waals surface area (Å²) in [4.78, 5) is 13.6. The summed E-state index contributed by atoms with van der Waals surface area (Å²) in [5.41, 5.74) is 1.02. The molecule has 0 N–H and O–H groups in total. The minimum atomic E-state index is 0.0870. The van der Waals surface area contributed by atoms with Gasteiger partial charge >= 0.3 is 0 Å². The molecule has 0 radical (unpaired) electrons. The van der Waals surface area contributed by atoms with Gasteiger partial charge in [0.1, 0.15) is 0 Å². The Morgan fingerprint density at radius 2 is 2.06 bits per heavy atom. The Labute approximate surface area is 96.3 Å². The third-order valence-electron chi connectivity index (χ3n) is 2.43. The lowest BCUT2D eigenvalue weighted by Crippen LogP contribution is -2.32.